The van der Waals surface area contributed by atoms with E-state index in [2.05, 4.69) is 4.98 Å². The van der Waals surface area contributed by atoms with Gasteiger partial charge < -0.3 is 15.8 Å². The largest absolute Gasteiger partial charge is 0.480 e. The summed E-state index contributed by atoms with van der Waals surface area (Å²) in [5.41, 5.74) is 8.98. The molecule has 0 saturated heterocycles. The van der Waals surface area contributed by atoms with Crippen molar-refractivity contribution in [2.24, 2.45) is 5.73 Å². The normalized spacial score (nSPS) is 14.5. The van der Waals surface area contributed by atoms with Gasteiger partial charge in [0.1, 0.15) is 6.04 Å². The molecule has 4 heteroatoms. The van der Waals surface area contributed by atoms with Crippen LogP contribution in [0.15, 0.2) is 24.3 Å². The van der Waals surface area contributed by atoms with Crippen molar-refractivity contribution in [3.8, 4) is 0 Å². The van der Waals surface area contributed by atoms with E-state index in [0.717, 1.165) is 35.0 Å². The van der Waals surface area contributed by atoms with Crippen molar-refractivity contribution >= 4 is 16.9 Å². The van der Waals surface area contributed by atoms with E-state index in [1.54, 1.807) is 0 Å². The third-order valence-electron chi connectivity index (χ3n) is 3.63. The molecule has 0 fully saturated rings. The first-order valence-corrected chi connectivity index (χ1v) is 6.61. The Bertz CT molecular complexity index is 589. The Morgan fingerprint density at radius 2 is 2.11 bits per heavy atom. The summed E-state index contributed by atoms with van der Waals surface area (Å²) in [5.74, 6) is -1.10. The minimum atomic E-state index is -0.942. The maximum atomic E-state index is 11.2. The van der Waals surface area contributed by atoms with E-state index in [1.807, 2.05) is 38.1 Å². The first-order valence-electron chi connectivity index (χ1n) is 6.61. The highest BCUT2D eigenvalue weighted by Gasteiger charge is 2.28. The summed E-state index contributed by atoms with van der Waals surface area (Å²) in [6, 6.07) is 7.09. The second-order valence-corrected chi connectivity index (χ2v) is 4.97. The summed E-state index contributed by atoms with van der Waals surface area (Å²) in [6.45, 7) is 4.03. The zero-order chi connectivity index (χ0) is 14.0. The number of aliphatic carboxylic acids is 1. The van der Waals surface area contributed by atoms with E-state index in [0.29, 0.717) is 0 Å². The Morgan fingerprint density at radius 1 is 1.42 bits per heavy atom. The fourth-order valence-corrected chi connectivity index (χ4v) is 2.76. The number of carboxylic acids is 1. The maximum absolute atomic E-state index is 11.2. The van der Waals surface area contributed by atoms with Gasteiger partial charge >= 0.3 is 5.97 Å². The average molecular weight is 260 g/mol. The number of aromatic nitrogens is 1. The first kappa shape index (κ1) is 13.6. The van der Waals surface area contributed by atoms with Crippen molar-refractivity contribution in [2.45, 2.75) is 38.6 Å². The lowest BCUT2D eigenvalue weighted by atomic mass is 9.86. The number of carboxylic acid groups (broad SMARTS) is 1. The highest BCUT2D eigenvalue weighted by molar-refractivity contribution is 5.86. The number of aromatic amines is 1. The zero-order valence-electron chi connectivity index (χ0n) is 11.3. The monoisotopic (exact) mass is 260 g/mol. The number of carbonyl (C=O) groups is 1. The van der Waals surface area contributed by atoms with Gasteiger partial charge in [-0.3, -0.25) is 4.79 Å². The lowest BCUT2D eigenvalue weighted by Crippen LogP contribution is -2.36. The highest BCUT2D eigenvalue weighted by Crippen LogP contribution is 2.33. The predicted octanol–water partition coefficient (Wildman–Crippen LogP) is 2.77. The van der Waals surface area contributed by atoms with Crippen LogP contribution in [0.4, 0.5) is 0 Å². The van der Waals surface area contributed by atoms with Crippen LogP contribution >= 0.6 is 0 Å². The topological polar surface area (TPSA) is 79.1 Å². The molecule has 0 aliphatic heterocycles. The number of benzene rings is 1. The lowest BCUT2D eigenvalue weighted by molar-refractivity contribution is -0.139. The summed E-state index contributed by atoms with van der Waals surface area (Å²) >= 11 is 0. The number of aryl methyl sites for hydroxylation is 1. The smallest absolute Gasteiger partial charge is 0.321 e. The van der Waals surface area contributed by atoms with Gasteiger partial charge in [-0.15, -0.1) is 0 Å². The first-order chi connectivity index (χ1) is 9.06. The molecule has 0 aliphatic carbocycles. The minimum absolute atomic E-state index is 0.154. The standard InChI is InChI=1S/C15H20N2O2/c1-3-6-11(14(16)15(18)19)13-9(2)17-12-8-5-4-7-10(12)13/h4-5,7-8,11,14,17H,3,6,16H2,1-2H3,(H,18,19)/t11-,14-/m0/s1. The fourth-order valence-electron chi connectivity index (χ4n) is 2.76. The van der Waals surface area contributed by atoms with Crippen molar-refractivity contribution in [2.75, 3.05) is 0 Å². The van der Waals surface area contributed by atoms with Crippen LogP contribution in [0.25, 0.3) is 10.9 Å². The molecule has 0 spiro atoms. The molecule has 0 saturated carbocycles. The third-order valence-corrected chi connectivity index (χ3v) is 3.63. The molecule has 4 N–H and O–H groups in total. The van der Waals surface area contributed by atoms with Crippen molar-refractivity contribution in [1.29, 1.82) is 0 Å². The third kappa shape index (κ3) is 2.49. The van der Waals surface area contributed by atoms with Gasteiger partial charge in [0.2, 0.25) is 0 Å². The molecule has 19 heavy (non-hydrogen) atoms. The molecule has 0 aliphatic rings. The van der Waals surface area contributed by atoms with Crippen molar-refractivity contribution in [1.82, 2.24) is 4.98 Å². The summed E-state index contributed by atoms with van der Waals surface area (Å²) in [5, 5.41) is 10.3. The van der Waals surface area contributed by atoms with Crippen molar-refractivity contribution in [3.63, 3.8) is 0 Å². The predicted molar refractivity (Wildman–Crippen MR) is 76.3 cm³/mol. The van der Waals surface area contributed by atoms with E-state index in [4.69, 9.17) is 5.73 Å². The quantitative estimate of drug-likeness (QED) is 0.773. The number of para-hydroxylation sites is 1. The van der Waals surface area contributed by atoms with E-state index >= 15 is 0 Å². The molecular formula is C15H20N2O2. The van der Waals surface area contributed by atoms with Gasteiger partial charge in [-0.1, -0.05) is 31.5 Å². The SMILES string of the molecule is CCC[C@@H](c1c(C)[nH]c2ccccc12)[C@H](N)C(=O)O. The van der Waals surface area contributed by atoms with Crippen LogP contribution in [0.1, 0.15) is 36.9 Å². The van der Waals surface area contributed by atoms with Gasteiger partial charge in [0.05, 0.1) is 0 Å². The molecule has 1 aromatic heterocycles. The molecule has 4 nitrogen and oxygen atoms in total. The summed E-state index contributed by atoms with van der Waals surface area (Å²) in [6.07, 6.45) is 1.68. The molecule has 0 radical (unpaired) electrons. The molecule has 2 aromatic rings. The van der Waals surface area contributed by atoms with Crippen LogP contribution < -0.4 is 5.73 Å². The molecule has 0 amide bonds. The average Bonchev–Trinajstić information content (AvgIpc) is 2.71. The number of H-pyrrole nitrogens is 1. The summed E-state index contributed by atoms with van der Waals surface area (Å²) in [4.78, 5) is 14.5. The molecule has 2 atom stereocenters. The van der Waals surface area contributed by atoms with E-state index < -0.39 is 12.0 Å². The summed E-state index contributed by atoms with van der Waals surface area (Å²) in [7, 11) is 0. The Kier molecular flexibility index (Phi) is 3.90. The van der Waals surface area contributed by atoms with Crippen LogP contribution in [0.5, 0.6) is 0 Å². The Balaban J connectivity index is 2.55. The number of nitrogens with two attached hydrogens (primary N) is 1. The van der Waals surface area contributed by atoms with Gasteiger partial charge in [0.25, 0.3) is 0 Å². The number of rotatable bonds is 5. The molecule has 2 rings (SSSR count). The Labute approximate surface area is 112 Å². The maximum Gasteiger partial charge on any atom is 0.321 e. The van der Waals surface area contributed by atoms with E-state index in [-0.39, 0.29) is 5.92 Å². The molecule has 0 bridgehead atoms. The fraction of sp³-hybridized carbons (Fsp3) is 0.400. The van der Waals surface area contributed by atoms with Crippen molar-refractivity contribution < 1.29 is 9.90 Å². The van der Waals surface area contributed by atoms with Gasteiger partial charge in [-0.05, 0) is 25.0 Å². The number of hydrogen-bond acceptors (Lipinski definition) is 2. The lowest BCUT2D eigenvalue weighted by Gasteiger charge is -2.21. The van der Waals surface area contributed by atoms with Gasteiger partial charge in [-0.25, -0.2) is 0 Å². The van der Waals surface area contributed by atoms with Crippen LogP contribution in [-0.4, -0.2) is 22.1 Å². The molecule has 1 aromatic carbocycles. The minimum Gasteiger partial charge on any atom is -0.480 e. The number of hydrogen-bond donors (Lipinski definition) is 3. The Morgan fingerprint density at radius 3 is 2.74 bits per heavy atom. The van der Waals surface area contributed by atoms with Crippen LogP contribution in [-0.2, 0) is 4.79 Å². The number of fused-ring (bicyclic) bond motifs is 1. The number of nitrogens with one attached hydrogen (secondary N) is 1. The summed E-state index contributed by atoms with van der Waals surface area (Å²) < 4.78 is 0. The second-order valence-electron chi connectivity index (χ2n) is 4.97. The van der Waals surface area contributed by atoms with Crippen molar-refractivity contribution in [3.05, 3.63) is 35.5 Å². The molecular weight excluding hydrogens is 240 g/mol. The van der Waals surface area contributed by atoms with E-state index in [1.165, 1.54) is 0 Å². The van der Waals surface area contributed by atoms with Gasteiger partial charge in [0.15, 0.2) is 0 Å². The highest BCUT2D eigenvalue weighted by atomic mass is 16.4. The van der Waals surface area contributed by atoms with Crippen LogP contribution in [0.2, 0.25) is 0 Å². The van der Waals surface area contributed by atoms with Gasteiger partial charge in [-0.2, -0.15) is 0 Å². The molecule has 1 heterocycles. The van der Waals surface area contributed by atoms with E-state index in [9.17, 15) is 9.90 Å². The Hall–Kier alpha value is -1.81. The van der Waals surface area contributed by atoms with Gasteiger partial charge in [0, 0.05) is 22.5 Å². The van der Waals surface area contributed by atoms with Crippen LogP contribution in [0, 0.1) is 6.92 Å². The molecule has 102 valence electrons. The molecule has 0 unspecified atom stereocenters. The second kappa shape index (κ2) is 5.45. The van der Waals surface area contributed by atoms with Crippen LogP contribution in [0.3, 0.4) is 0 Å². The zero-order valence-corrected chi connectivity index (χ0v) is 11.3.